The fraction of sp³-hybridized carbons (Fsp3) is 0.519. The van der Waals surface area contributed by atoms with Crippen LogP contribution >= 0.6 is 0 Å². The lowest BCUT2D eigenvalue weighted by molar-refractivity contribution is -0.143. The van der Waals surface area contributed by atoms with Gasteiger partial charge in [-0.05, 0) is 43.7 Å². The third-order valence-electron chi connectivity index (χ3n) is 6.42. The van der Waals surface area contributed by atoms with Gasteiger partial charge in [-0.3, -0.25) is 19.4 Å². The first-order chi connectivity index (χ1) is 19.3. The van der Waals surface area contributed by atoms with E-state index in [9.17, 15) is 29.4 Å². The average Bonchev–Trinajstić information content (AvgIpc) is 3.30. The van der Waals surface area contributed by atoms with Gasteiger partial charge in [-0.15, -0.1) is 0 Å². The van der Waals surface area contributed by atoms with Crippen LogP contribution in [0.25, 0.3) is 10.9 Å². The van der Waals surface area contributed by atoms with E-state index in [1.807, 2.05) is 38.1 Å². The highest BCUT2D eigenvalue weighted by molar-refractivity contribution is 5.94. The van der Waals surface area contributed by atoms with E-state index in [1.54, 1.807) is 6.20 Å². The third-order valence-corrected chi connectivity index (χ3v) is 6.42. The Balaban J connectivity index is 2.16. The molecule has 0 bridgehead atoms. The van der Waals surface area contributed by atoms with Crippen LogP contribution in [-0.2, 0) is 25.6 Å². The minimum Gasteiger partial charge on any atom is -0.480 e. The van der Waals surface area contributed by atoms with Crippen LogP contribution in [0.15, 0.2) is 35.5 Å². The molecule has 0 radical (unpaired) electrons. The van der Waals surface area contributed by atoms with Crippen molar-refractivity contribution in [2.75, 3.05) is 6.54 Å². The lowest BCUT2D eigenvalue weighted by Gasteiger charge is -2.26. The summed E-state index contributed by atoms with van der Waals surface area (Å²) in [4.78, 5) is 58.0. The number of carboxylic acid groups (broad SMARTS) is 1. The molecule has 41 heavy (non-hydrogen) atoms. The molecule has 1 aromatic heterocycles. The summed E-state index contributed by atoms with van der Waals surface area (Å²) in [5.74, 6) is -3.49. The standard InChI is InChI=1S/C27H42N8O6/c1-14(2)11-18(28)23(37)33-20(9-6-10-31-27(29)30)24(38)35-22(15(3)36)25(39)34-21(26(40)41)12-16-13-32-19-8-5-4-7-17(16)19/h4-5,7-8,13-15,18,20-22,32,36H,6,9-12,28H2,1-3H3,(H,33,37)(H,34,39)(H,35,38)(H,40,41)(H4,29,30,31). The maximum absolute atomic E-state index is 13.2. The van der Waals surface area contributed by atoms with E-state index >= 15 is 0 Å². The Morgan fingerprint density at radius 1 is 0.976 bits per heavy atom. The first-order valence-corrected chi connectivity index (χ1v) is 13.5. The molecule has 0 saturated carbocycles. The molecule has 14 nitrogen and oxygen atoms in total. The van der Waals surface area contributed by atoms with Crippen LogP contribution in [-0.4, -0.2) is 81.7 Å². The molecule has 0 fully saturated rings. The maximum Gasteiger partial charge on any atom is 0.326 e. The summed E-state index contributed by atoms with van der Waals surface area (Å²) in [6, 6.07) is 2.49. The predicted octanol–water partition coefficient (Wildman–Crippen LogP) is -0.943. The number of hydrogen-bond donors (Lipinski definition) is 9. The first-order valence-electron chi connectivity index (χ1n) is 13.5. The van der Waals surface area contributed by atoms with Crippen LogP contribution < -0.4 is 33.2 Å². The Hall–Kier alpha value is -4.17. The lowest BCUT2D eigenvalue weighted by atomic mass is 10.0. The van der Waals surface area contributed by atoms with Crippen molar-refractivity contribution in [2.45, 2.75) is 76.7 Å². The number of carbonyl (C=O) groups excluding carboxylic acids is 3. The molecule has 0 aliphatic rings. The van der Waals surface area contributed by atoms with Crippen molar-refractivity contribution in [3.05, 3.63) is 36.0 Å². The molecular weight excluding hydrogens is 532 g/mol. The number of nitrogens with one attached hydrogen (secondary N) is 4. The molecule has 0 aliphatic heterocycles. The number of H-pyrrole nitrogens is 1. The average molecular weight is 575 g/mol. The predicted molar refractivity (Wildman–Crippen MR) is 154 cm³/mol. The molecule has 1 heterocycles. The fourth-order valence-corrected chi connectivity index (χ4v) is 4.31. The Labute approximate surface area is 238 Å². The van der Waals surface area contributed by atoms with Gasteiger partial charge in [-0.2, -0.15) is 0 Å². The zero-order chi connectivity index (χ0) is 30.7. The van der Waals surface area contributed by atoms with Crippen LogP contribution in [0.3, 0.4) is 0 Å². The van der Waals surface area contributed by atoms with Crippen molar-refractivity contribution in [1.82, 2.24) is 20.9 Å². The van der Waals surface area contributed by atoms with Gasteiger partial charge >= 0.3 is 5.97 Å². The summed E-state index contributed by atoms with van der Waals surface area (Å²) >= 11 is 0. The van der Waals surface area contributed by atoms with Gasteiger partial charge < -0.3 is 48.3 Å². The number of nitrogens with two attached hydrogens (primary N) is 3. The number of aliphatic carboxylic acids is 1. The highest BCUT2D eigenvalue weighted by Gasteiger charge is 2.33. The highest BCUT2D eigenvalue weighted by atomic mass is 16.4. The van der Waals surface area contributed by atoms with Crippen molar-refractivity contribution in [1.29, 1.82) is 0 Å². The molecule has 0 spiro atoms. The number of benzene rings is 1. The molecular formula is C27H42N8O6. The normalized spacial score (nSPS) is 14.9. The van der Waals surface area contributed by atoms with Gasteiger partial charge in [0.15, 0.2) is 5.96 Å². The van der Waals surface area contributed by atoms with Gasteiger partial charge in [-0.25, -0.2) is 4.79 Å². The van der Waals surface area contributed by atoms with Crippen LogP contribution in [0.1, 0.15) is 45.6 Å². The molecule has 0 aliphatic carbocycles. The Morgan fingerprint density at radius 2 is 1.63 bits per heavy atom. The summed E-state index contributed by atoms with van der Waals surface area (Å²) in [6.45, 7) is 5.28. The number of guanidine groups is 1. The number of aromatic amines is 1. The fourth-order valence-electron chi connectivity index (χ4n) is 4.31. The van der Waals surface area contributed by atoms with E-state index in [0.717, 1.165) is 10.9 Å². The van der Waals surface area contributed by atoms with E-state index < -0.39 is 54.0 Å². The summed E-state index contributed by atoms with van der Waals surface area (Å²) in [5.41, 5.74) is 18.1. The number of aromatic nitrogens is 1. The zero-order valence-corrected chi connectivity index (χ0v) is 23.6. The largest absolute Gasteiger partial charge is 0.480 e. The number of carbonyl (C=O) groups is 4. The molecule has 5 unspecified atom stereocenters. The second-order valence-corrected chi connectivity index (χ2v) is 10.4. The number of rotatable bonds is 16. The molecule has 14 heteroatoms. The van der Waals surface area contributed by atoms with Gasteiger partial charge in [0.25, 0.3) is 0 Å². The number of hydrogen-bond acceptors (Lipinski definition) is 7. The molecule has 2 rings (SSSR count). The molecule has 226 valence electrons. The molecule has 3 amide bonds. The van der Waals surface area contributed by atoms with Crippen molar-refractivity contribution in [2.24, 2.45) is 28.1 Å². The van der Waals surface area contributed by atoms with E-state index in [1.165, 1.54) is 6.92 Å². The van der Waals surface area contributed by atoms with Crippen molar-refractivity contribution < 1.29 is 29.4 Å². The van der Waals surface area contributed by atoms with Crippen LogP contribution in [0.4, 0.5) is 0 Å². The van der Waals surface area contributed by atoms with Gasteiger partial charge in [0.1, 0.15) is 18.1 Å². The summed E-state index contributed by atoms with van der Waals surface area (Å²) in [6.07, 6.45) is 1.05. The second kappa shape index (κ2) is 15.6. The number of nitrogens with zero attached hydrogens (tertiary/aromatic N) is 1. The number of carboxylic acids is 1. The van der Waals surface area contributed by atoms with E-state index in [-0.39, 0.29) is 31.3 Å². The number of fused-ring (bicyclic) bond motifs is 1. The van der Waals surface area contributed by atoms with Crippen LogP contribution in [0, 0.1) is 5.92 Å². The Morgan fingerprint density at radius 3 is 2.24 bits per heavy atom. The van der Waals surface area contributed by atoms with Crippen molar-refractivity contribution >= 4 is 40.6 Å². The van der Waals surface area contributed by atoms with Crippen molar-refractivity contribution in [3.8, 4) is 0 Å². The molecule has 1 aromatic carbocycles. The quantitative estimate of drug-likeness (QED) is 0.0680. The van der Waals surface area contributed by atoms with Gasteiger partial charge in [0, 0.05) is 30.1 Å². The number of amides is 3. The molecule has 0 saturated heterocycles. The van der Waals surface area contributed by atoms with Crippen LogP contribution in [0.5, 0.6) is 0 Å². The minimum absolute atomic E-state index is 0.0389. The number of aliphatic imine (C=N–C) groups is 1. The number of para-hydroxylation sites is 1. The first kappa shape index (κ1) is 33.0. The maximum atomic E-state index is 13.2. The number of aliphatic hydroxyl groups excluding tert-OH is 1. The lowest BCUT2D eigenvalue weighted by Crippen LogP contribution is -2.60. The topological polar surface area (TPSA) is 251 Å². The van der Waals surface area contributed by atoms with Crippen LogP contribution in [0.2, 0.25) is 0 Å². The molecule has 12 N–H and O–H groups in total. The Kier molecular flexibility index (Phi) is 12.5. The van der Waals surface area contributed by atoms with Gasteiger partial charge in [0.2, 0.25) is 17.7 Å². The molecule has 2 aromatic rings. The minimum atomic E-state index is -1.51. The Bertz CT molecular complexity index is 1220. The zero-order valence-electron chi connectivity index (χ0n) is 23.6. The summed E-state index contributed by atoms with van der Waals surface area (Å²) in [5, 5.41) is 28.4. The van der Waals surface area contributed by atoms with E-state index in [2.05, 4.69) is 25.9 Å². The summed E-state index contributed by atoms with van der Waals surface area (Å²) in [7, 11) is 0. The van der Waals surface area contributed by atoms with Gasteiger partial charge in [0.05, 0.1) is 12.1 Å². The van der Waals surface area contributed by atoms with Gasteiger partial charge in [-0.1, -0.05) is 32.0 Å². The number of aliphatic hydroxyl groups is 1. The summed E-state index contributed by atoms with van der Waals surface area (Å²) < 4.78 is 0. The van der Waals surface area contributed by atoms with E-state index in [0.29, 0.717) is 18.4 Å². The second-order valence-electron chi connectivity index (χ2n) is 10.4. The van der Waals surface area contributed by atoms with E-state index in [4.69, 9.17) is 17.2 Å². The molecule has 5 atom stereocenters. The monoisotopic (exact) mass is 574 g/mol. The van der Waals surface area contributed by atoms with Crippen molar-refractivity contribution in [3.63, 3.8) is 0 Å². The third kappa shape index (κ3) is 10.4. The SMILES string of the molecule is CC(C)CC(N)C(=O)NC(CCCN=C(N)N)C(=O)NC(C(=O)NC(Cc1c[nH]c2ccccc12)C(=O)O)C(C)O. The smallest absolute Gasteiger partial charge is 0.326 e. The highest BCUT2D eigenvalue weighted by Crippen LogP contribution is 2.19.